The Bertz CT molecular complexity index is 506. The van der Waals surface area contributed by atoms with Gasteiger partial charge in [-0.1, -0.05) is 37.3 Å². The van der Waals surface area contributed by atoms with Crippen LogP contribution in [0.15, 0.2) is 48.5 Å². The van der Waals surface area contributed by atoms with Crippen LogP contribution in [0.1, 0.15) is 30.4 Å². The molecular formula is C15H14F2. The first kappa shape index (κ1) is 11.8. The molecule has 2 aromatic carbocycles. The standard InChI is InChI=1S/C15H14F2/c1-2-13(11-6-5-7-12(16)10-11)14-8-3-4-9-15(14)17/h3-10,13H,2H2,1H3. The average Bonchev–Trinajstić information content (AvgIpc) is 2.33. The van der Waals surface area contributed by atoms with Crippen molar-refractivity contribution in [2.75, 3.05) is 0 Å². The van der Waals surface area contributed by atoms with Crippen molar-refractivity contribution in [1.82, 2.24) is 0 Å². The van der Waals surface area contributed by atoms with Gasteiger partial charge in [0.1, 0.15) is 11.6 Å². The molecule has 0 radical (unpaired) electrons. The molecule has 0 aromatic heterocycles. The predicted molar refractivity (Wildman–Crippen MR) is 64.9 cm³/mol. The second-order valence-electron chi connectivity index (χ2n) is 4.04. The van der Waals surface area contributed by atoms with Gasteiger partial charge in [-0.15, -0.1) is 0 Å². The summed E-state index contributed by atoms with van der Waals surface area (Å²) in [5, 5.41) is 0. The average molecular weight is 232 g/mol. The highest BCUT2D eigenvalue weighted by atomic mass is 19.1. The van der Waals surface area contributed by atoms with Crippen molar-refractivity contribution in [2.24, 2.45) is 0 Å². The van der Waals surface area contributed by atoms with Crippen LogP contribution in [0.2, 0.25) is 0 Å². The molecule has 0 saturated heterocycles. The number of rotatable bonds is 3. The van der Waals surface area contributed by atoms with Crippen molar-refractivity contribution in [1.29, 1.82) is 0 Å². The lowest BCUT2D eigenvalue weighted by Crippen LogP contribution is -2.02. The normalized spacial score (nSPS) is 12.4. The molecule has 0 spiro atoms. The van der Waals surface area contributed by atoms with Crippen LogP contribution < -0.4 is 0 Å². The second-order valence-corrected chi connectivity index (χ2v) is 4.04. The van der Waals surface area contributed by atoms with Gasteiger partial charge in [0.15, 0.2) is 0 Å². The first-order valence-corrected chi connectivity index (χ1v) is 5.72. The molecule has 2 aromatic rings. The summed E-state index contributed by atoms with van der Waals surface area (Å²) in [6.07, 6.45) is 0.740. The minimum atomic E-state index is -0.280. The Labute approximate surface area is 99.9 Å². The Hall–Kier alpha value is -1.70. The molecule has 0 saturated carbocycles. The van der Waals surface area contributed by atoms with Crippen molar-refractivity contribution in [3.8, 4) is 0 Å². The van der Waals surface area contributed by atoms with E-state index >= 15 is 0 Å². The van der Waals surface area contributed by atoms with E-state index in [1.54, 1.807) is 24.3 Å². The summed E-state index contributed by atoms with van der Waals surface area (Å²) in [6.45, 7) is 1.97. The topological polar surface area (TPSA) is 0 Å². The third kappa shape index (κ3) is 2.52. The molecule has 88 valence electrons. The lowest BCUT2D eigenvalue weighted by atomic mass is 9.89. The third-order valence-corrected chi connectivity index (χ3v) is 2.94. The number of hydrogen-bond donors (Lipinski definition) is 0. The van der Waals surface area contributed by atoms with Gasteiger partial charge in [0.05, 0.1) is 0 Å². The largest absolute Gasteiger partial charge is 0.207 e. The smallest absolute Gasteiger partial charge is 0.127 e. The molecular weight excluding hydrogens is 218 g/mol. The van der Waals surface area contributed by atoms with Crippen molar-refractivity contribution in [3.05, 3.63) is 71.3 Å². The fraction of sp³-hybridized carbons (Fsp3) is 0.200. The summed E-state index contributed by atoms with van der Waals surface area (Å²) >= 11 is 0. The van der Waals surface area contributed by atoms with Gasteiger partial charge in [-0.2, -0.15) is 0 Å². The molecule has 1 unspecified atom stereocenters. The quantitative estimate of drug-likeness (QED) is 0.730. The first-order chi connectivity index (χ1) is 8.22. The van der Waals surface area contributed by atoms with E-state index in [2.05, 4.69) is 0 Å². The van der Waals surface area contributed by atoms with E-state index in [4.69, 9.17) is 0 Å². The van der Waals surface area contributed by atoms with Gasteiger partial charge < -0.3 is 0 Å². The number of benzene rings is 2. The van der Waals surface area contributed by atoms with Crippen LogP contribution >= 0.6 is 0 Å². The molecule has 0 fully saturated rings. The van der Waals surface area contributed by atoms with Crippen LogP contribution in [0.3, 0.4) is 0 Å². The summed E-state index contributed by atoms with van der Waals surface area (Å²) in [7, 11) is 0. The monoisotopic (exact) mass is 232 g/mol. The molecule has 0 nitrogen and oxygen atoms in total. The summed E-state index contributed by atoms with van der Waals surface area (Å²) in [6, 6.07) is 13.0. The van der Waals surface area contributed by atoms with Crippen LogP contribution in [0.4, 0.5) is 8.78 Å². The maximum absolute atomic E-state index is 13.7. The molecule has 0 aliphatic heterocycles. The molecule has 1 atom stereocenters. The van der Waals surface area contributed by atoms with Crippen molar-refractivity contribution < 1.29 is 8.78 Å². The minimum Gasteiger partial charge on any atom is -0.207 e. The summed E-state index contributed by atoms with van der Waals surface area (Å²) in [5.41, 5.74) is 1.44. The van der Waals surface area contributed by atoms with Crippen LogP contribution in [0, 0.1) is 11.6 Å². The summed E-state index contributed by atoms with van der Waals surface area (Å²) < 4.78 is 26.9. The molecule has 0 aliphatic rings. The van der Waals surface area contributed by atoms with Crippen molar-refractivity contribution in [2.45, 2.75) is 19.3 Å². The second kappa shape index (κ2) is 5.09. The van der Waals surface area contributed by atoms with Crippen LogP contribution in [-0.4, -0.2) is 0 Å². The molecule has 0 N–H and O–H groups in total. The molecule has 17 heavy (non-hydrogen) atoms. The van der Waals surface area contributed by atoms with Gasteiger partial charge in [0.25, 0.3) is 0 Å². The minimum absolute atomic E-state index is 0.0908. The highest BCUT2D eigenvalue weighted by Crippen LogP contribution is 2.29. The molecule has 0 bridgehead atoms. The van der Waals surface area contributed by atoms with Crippen LogP contribution in [0.25, 0.3) is 0 Å². The number of halogens is 2. The van der Waals surface area contributed by atoms with Crippen LogP contribution in [0.5, 0.6) is 0 Å². The Morgan fingerprint density at radius 2 is 1.76 bits per heavy atom. The van der Waals surface area contributed by atoms with Gasteiger partial charge in [-0.25, -0.2) is 8.78 Å². The Morgan fingerprint density at radius 3 is 2.41 bits per heavy atom. The maximum Gasteiger partial charge on any atom is 0.127 e. The van der Waals surface area contributed by atoms with E-state index in [0.717, 1.165) is 12.0 Å². The number of hydrogen-bond acceptors (Lipinski definition) is 0. The van der Waals surface area contributed by atoms with Gasteiger partial charge in [-0.05, 0) is 35.7 Å². The summed E-state index contributed by atoms with van der Waals surface area (Å²) in [5.74, 6) is -0.604. The van der Waals surface area contributed by atoms with E-state index in [0.29, 0.717) is 5.56 Å². The fourth-order valence-corrected chi connectivity index (χ4v) is 2.12. The third-order valence-electron chi connectivity index (χ3n) is 2.94. The maximum atomic E-state index is 13.7. The van der Waals surface area contributed by atoms with Gasteiger partial charge in [-0.3, -0.25) is 0 Å². The van der Waals surface area contributed by atoms with Gasteiger partial charge in [0, 0.05) is 5.92 Å². The highest BCUT2D eigenvalue weighted by Gasteiger charge is 2.15. The predicted octanol–water partition coefficient (Wildman–Crippen LogP) is 4.51. The van der Waals surface area contributed by atoms with Gasteiger partial charge in [0.2, 0.25) is 0 Å². The SMILES string of the molecule is CCC(c1cccc(F)c1)c1ccccc1F. The van der Waals surface area contributed by atoms with E-state index < -0.39 is 0 Å². The zero-order chi connectivity index (χ0) is 12.3. The molecule has 0 heterocycles. The first-order valence-electron chi connectivity index (χ1n) is 5.72. The van der Waals surface area contributed by atoms with Gasteiger partial charge >= 0.3 is 0 Å². The van der Waals surface area contributed by atoms with E-state index in [-0.39, 0.29) is 17.6 Å². The molecule has 2 heteroatoms. The Morgan fingerprint density at radius 1 is 1.00 bits per heavy atom. The zero-order valence-corrected chi connectivity index (χ0v) is 9.66. The Balaban J connectivity index is 2.44. The van der Waals surface area contributed by atoms with Crippen LogP contribution in [-0.2, 0) is 0 Å². The van der Waals surface area contributed by atoms with E-state index in [1.165, 1.54) is 18.2 Å². The van der Waals surface area contributed by atoms with E-state index in [9.17, 15) is 8.78 Å². The molecule has 0 amide bonds. The van der Waals surface area contributed by atoms with Crippen molar-refractivity contribution >= 4 is 0 Å². The lowest BCUT2D eigenvalue weighted by molar-refractivity contribution is 0.588. The lowest BCUT2D eigenvalue weighted by Gasteiger charge is -2.16. The highest BCUT2D eigenvalue weighted by molar-refractivity contribution is 5.33. The fourth-order valence-electron chi connectivity index (χ4n) is 2.12. The Kier molecular flexibility index (Phi) is 3.52. The van der Waals surface area contributed by atoms with E-state index in [1.807, 2.05) is 13.0 Å². The van der Waals surface area contributed by atoms with Crippen molar-refractivity contribution in [3.63, 3.8) is 0 Å². The molecule has 0 aliphatic carbocycles. The molecule has 2 rings (SSSR count). The summed E-state index contributed by atoms with van der Waals surface area (Å²) in [4.78, 5) is 0. The zero-order valence-electron chi connectivity index (χ0n) is 9.66.